The van der Waals surface area contributed by atoms with Gasteiger partial charge in [0, 0.05) is 25.7 Å². The molecule has 1 aromatic carbocycles. The molecule has 4 rings (SSSR count). The first-order valence-corrected chi connectivity index (χ1v) is 17.0. The number of nitrogens with zero attached hydrogens (tertiary/aromatic N) is 6. The van der Waals surface area contributed by atoms with Crippen LogP contribution in [0.15, 0.2) is 41.2 Å². The number of aryl methyl sites for hydroxylation is 1. The number of anilines is 1. The zero-order valence-corrected chi connectivity index (χ0v) is 25.9. The summed E-state index contributed by atoms with van der Waals surface area (Å²) in [7, 11) is -8.72. The van der Waals surface area contributed by atoms with Crippen molar-refractivity contribution < 1.29 is 40.4 Å². The van der Waals surface area contributed by atoms with Crippen LogP contribution in [0.25, 0.3) is 22.6 Å². The summed E-state index contributed by atoms with van der Waals surface area (Å²) < 4.78 is 77.9. The molecular weight excluding hydrogens is 630 g/mol. The van der Waals surface area contributed by atoms with Gasteiger partial charge in [0.05, 0.1) is 24.3 Å². The lowest BCUT2D eigenvalue weighted by atomic mass is 10.0. The van der Waals surface area contributed by atoms with Gasteiger partial charge in [-0.15, -0.1) is 0 Å². The van der Waals surface area contributed by atoms with E-state index in [1.165, 1.54) is 6.20 Å². The minimum absolute atomic E-state index is 0.0251. The lowest BCUT2D eigenvalue weighted by molar-refractivity contribution is 0.176. The number of ether oxygens (including phenoxy) is 1. The van der Waals surface area contributed by atoms with Crippen LogP contribution in [0.1, 0.15) is 24.6 Å². The van der Waals surface area contributed by atoms with Gasteiger partial charge in [0.2, 0.25) is 0 Å². The summed E-state index contributed by atoms with van der Waals surface area (Å²) in [5.41, 5.74) is 8.19. The van der Waals surface area contributed by atoms with Crippen molar-refractivity contribution in [3.8, 4) is 29.1 Å². The van der Waals surface area contributed by atoms with Crippen LogP contribution < -0.4 is 10.5 Å². The van der Waals surface area contributed by atoms with E-state index in [1.54, 1.807) is 9.47 Å². The zero-order valence-electron chi connectivity index (χ0n) is 24.3. The van der Waals surface area contributed by atoms with Gasteiger partial charge in [-0.3, -0.25) is 14.0 Å². The molecule has 0 aliphatic heterocycles. The second kappa shape index (κ2) is 14.8. The average Bonchev–Trinajstić information content (AvgIpc) is 3.59. The van der Waals surface area contributed by atoms with Crippen molar-refractivity contribution in [2.45, 2.75) is 32.4 Å². The van der Waals surface area contributed by atoms with Gasteiger partial charge in [0.25, 0.3) is 20.2 Å². The Morgan fingerprint density at radius 1 is 1.09 bits per heavy atom. The van der Waals surface area contributed by atoms with Crippen molar-refractivity contribution in [3.63, 3.8) is 0 Å². The molecule has 0 fully saturated rings. The maximum atomic E-state index is 11.6. The highest BCUT2D eigenvalue weighted by molar-refractivity contribution is 7.86. The highest BCUT2D eigenvalue weighted by atomic mass is 32.2. The number of fused-ring (bicyclic) bond motifs is 1. The van der Waals surface area contributed by atoms with Gasteiger partial charge >= 0.3 is 0 Å². The van der Waals surface area contributed by atoms with Gasteiger partial charge in [-0.05, 0) is 41.6 Å². The molecule has 16 nitrogen and oxygen atoms in total. The normalized spacial score (nSPS) is 12.7. The van der Waals surface area contributed by atoms with Crippen LogP contribution in [-0.4, -0.2) is 105 Å². The molecule has 1 atom stereocenters. The van der Waals surface area contributed by atoms with E-state index in [9.17, 15) is 31.0 Å². The number of hydrogen-bond acceptors (Lipinski definition) is 13. The van der Waals surface area contributed by atoms with Gasteiger partial charge in [0.15, 0.2) is 23.1 Å². The summed E-state index contributed by atoms with van der Waals surface area (Å²) >= 11 is 0. The Kier molecular flexibility index (Phi) is 11.1. The molecule has 0 aliphatic carbocycles. The summed E-state index contributed by atoms with van der Waals surface area (Å²) in [5, 5.41) is 16.7. The molecule has 18 heteroatoms. The van der Waals surface area contributed by atoms with E-state index in [0.29, 0.717) is 35.6 Å². The van der Waals surface area contributed by atoms with Crippen LogP contribution in [0.5, 0.6) is 5.75 Å². The zero-order chi connectivity index (χ0) is 32.6. The summed E-state index contributed by atoms with van der Waals surface area (Å²) in [6.45, 7) is 1.58. The largest absolute Gasteiger partial charge is 0.490 e. The molecule has 0 spiro atoms. The molecular formula is C27H33N7O9S2. The van der Waals surface area contributed by atoms with Gasteiger partial charge in [-0.2, -0.15) is 16.8 Å². The Labute approximate surface area is 259 Å². The highest BCUT2D eigenvalue weighted by Gasteiger charge is 2.25. The summed E-state index contributed by atoms with van der Waals surface area (Å²) in [6.07, 6.45) is 2.14. The van der Waals surface area contributed by atoms with Gasteiger partial charge < -0.3 is 20.1 Å². The fourth-order valence-corrected chi connectivity index (χ4v) is 5.75. The minimum Gasteiger partial charge on any atom is -0.490 e. The molecule has 0 aliphatic rings. The third kappa shape index (κ3) is 9.20. The topological polar surface area (TPSA) is 237 Å². The molecule has 45 heavy (non-hydrogen) atoms. The Balaban J connectivity index is 1.68. The van der Waals surface area contributed by atoms with Crippen molar-refractivity contribution >= 4 is 37.1 Å². The van der Waals surface area contributed by atoms with E-state index >= 15 is 0 Å². The molecule has 0 saturated heterocycles. The van der Waals surface area contributed by atoms with Gasteiger partial charge in [-0.25, -0.2) is 14.6 Å². The number of nitrogen functional groups attached to an aromatic ring is 1. The van der Waals surface area contributed by atoms with Crippen molar-refractivity contribution in [1.82, 2.24) is 29.7 Å². The minimum atomic E-state index is -4.36. The smallest absolute Gasteiger partial charge is 0.266 e. The fraction of sp³-hybridized carbons (Fsp3) is 0.407. The quantitative estimate of drug-likeness (QED) is 0.102. The number of hydrogen-bond donors (Lipinski definition) is 4. The van der Waals surface area contributed by atoms with Crippen LogP contribution in [0, 0.1) is 11.8 Å². The van der Waals surface area contributed by atoms with Gasteiger partial charge in [-0.1, -0.05) is 36.3 Å². The Morgan fingerprint density at radius 3 is 2.36 bits per heavy atom. The number of imidazole rings is 1. The Morgan fingerprint density at radius 2 is 1.78 bits per heavy atom. The Hall–Kier alpha value is -4.12. The summed E-state index contributed by atoms with van der Waals surface area (Å²) in [6, 6.07) is 8.83. The highest BCUT2D eigenvalue weighted by Crippen LogP contribution is 2.33. The maximum Gasteiger partial charge on any atom is 0.266 e. The van der Waals surface area contributed by atoms with E-state index < -0.39 is 44.4 Å². The predicted octanol–water partition coefficient (Wildman–Crippen LogP) is 0.885. The summed E-state index contributed by atoms with van der Waals surface area (Å²) in [4.78, 5) is 10.6. The third-order valence-corrected chi connectivity index (χ3v) is 8.27. The average molecular weight is 664 g/mol. The number of aliphatic hydroxyl groups excluding tert-OH is 1. The second-order valence-electron chi connectivity index (χ2n) is 9.89. The summed E-state index contributed by atoms with van der Waals surface area (Å²) in [5.74, 6) is 4.76. The van der Waals surface area contributed by atoms with Crippen LogP contribution in [-0.2, 0) is 33.2 Å². The van der Waals surface area contributed by atoms with Crippen LogP contribution in [0.3, 0.4) is 0 Å². The molecule has 0 saturated carbocycles. The number of aromatic nitrogens is 5. The molecule has 3 aromatic heterocycles. The molecule has 0 bridgehead atoms. The third-order valence-electron chi connectivity index (χ3n) is 6.88. The second-order valence-corrected chi connectivity index (χ2v) is 13.0. The van der Waals surface area contributed by atoms with E-state index in [1.807, 2.05) is 37.3 Å². The lowest BCUT2D eigenvalue weighted by Crippen LogP contribution is -2.43. The van der Waals surface area contributed by atoms with Crippen LogP contribution >= 0.6 is 0 Å². The number of aliphatic hydroxyl groups is 1. The number of pyridine rings is 1. The molecule has 4 aromatic rings. The van der Waals surface area contributed by atoms with E-state index in [2.05, 4.69) is 32.1 Å². The van der Waals surface area contributed by atoms with E-state index in [4.69, 9.17) is 15.1 Å². The molecule has 5 N–H and O–H groups in total. The number of nitrogens with two attached hydrogens (primary N) is 1. The van der Waals surface area contributed by atoms with E-state index in [0.717, 1.165) is 5.56 Å². The maximum absolute atomic E-state index is 11.6. The van der Waals surface area contributed by atoms with Crippen molar-refractivity contribution in [2.75, 3.05) is 43.5 Å². The van der Waals surface area contributed by atoms with Gasteiger partial charge in [0.1, 0.15) is 23.3 Å². The van der Waals surface area contributed by atoms with Crippen molar-refractivity contribution in [1.29, 1.82) is 0 Å². The molecule has 0 radical (unpaired) electrons. The number of rotatable bonds is 15. The first-order valence-electron chi connectivity index (χ1n) is 13.8. The first-order chi connectivity index (χ1) is 21.4. The van der Waals surface area contributed by atoms with Crippen LogP contribution in [0.2, 0.25) is 0 Å². The SMILES string of the molecule is CCn1c(-c2nonc2N)nc2c(C#CCO)ncc(OCCC(Cc3ccccc3)N(CCS(=O)(=O)O)CCS(=O)(=O)O)c21. The molecule has 3 heterocycles. The monoisotopic (exact) mass is 663 g/mol. The fourth-order valence-electron chi connectivity index (χ4n) is 4.82. The van der Waals surface area contributed by atoms with Crippen molar-refractivity contribution in [2.24, 2.45) is 0 Å². The predicted molar refractivity (Wildman–Crippen MR) is 163 cm³/mol. The first kappa shape index (κ1) is 33.8. The molecule has 242 valence electrons. The Bertz CT molecular complexity index is 1850. The standard InChI is InChI=1S/C27H33N7O9S2/c1-2-34-25-22(18-29-21(9-6-13-35)23(25)30-27(34)24-26(28)32-43-31-24)42-14-10-20(17-19-7-4-3-5-8-19)33(11-15-44(36,37)38)12-16-45(39,40)41/h3-5,7-8,18,20,35H,2,10-17H2,1H3,(H2,28,32)(H,36,37,38)(H,39,40,41). The van der Waals surface area contributed by atoms with Crippen molar-refractivity contribution in [3.05, 3.63) is 47.8 Å². The number of benzene rings is 1. The molecule has 0 amide bonds. The lowest BCUT2D eigenvalue weighted by Gasteiger charge is -2.31. The van der Waals surface area contributed by atoms with E-state index in [-0.39, 0.29) is 43.3 Å². The molecule has 1 unspecified atom stereocenters. The van der Waals surface area contributed by atoms with Crippen LogP contribution in [0.4, 0.5) is 5.82 Å².